The molecular formula is C14H14FNO2. The number of hydrogen-bond acceptors (Lipinski definition) is 2. The second-order valence-corrected chi connectivity index (χ2v) is 4.37. The summed E-state index contributed by atoms with van der Waals surface area (Å²) in [5.74, 6) is -1.92. The highest BCUT2D eigenvalue weighted by atomic mass is 19.1. The SMILES string of the molecule is CC(c1cc(F)cc2ccccc12)C(N)C(=O)O. The van der Waals surface area contributed by atoms with E-state index in [4.69, 9.17) is 10.8 Å². The Kier molecular flexibility index (Phi) is 3.30. The fourth-order valence-corrected chi connectivity index (χ4v) is 2.09. The second-order valence-electron chi connectivity index (χ2n) is 4.37. The largest absolute Gasteiger partial charge is 0.480 e. The number of carbonyl (C=O) groups is 1. The van der Waals surface area contributed by atoms with Crippen LogP contribution in [0.4, 0.5) is 4.39 Å². The molecule has 0 amide bonds. The number of carboxylic acids is 1. The van der Waals surface area contributed by atoms with Gasteiger partial charge in [0.05, 0.1) is 0 Å². The van der Waals surface area contributed by atoms with Crippen molar-refractivity contribution in [1.29, 1.82) is 0 Å². The van der Waals surface area contributed by atoms with E-state index >= 15 is 0 Å². The fraction of sp³-hybridized carbons (Fsp3) is 0.214. The maximum absolute atomic E-state index is 13.5. The number of benzene rings is 2. The highest BCUT2D eigenvalue weighted by molar-refractivity contribution is 5.87. The third kappa shape index (κ3) is 2.19. The summed E-state index contributed by atoms with van der Waals surface area (Å²) in [5, 5.41) is 10.5. The molecule has 0 aliphatic carbocycles. The average molecular weight is 247 g/mol. The zero-order valence-electron chi connectivity index (χ0n) is 9.93. The minimum atomic E-state index is -1.09. The standard InChI is InChI=1S/C14H14FNO2/c1-8(13(16)14(17)18)12-7-10(15)6-9-4-2-3-5-11(9)12/h2-8,13H,16H2,1H3,(H,17,18). The zero-order valence-corrected chi connectivity index (χ0v) is 9.93. The van der Waals surface area contributed by atoms with Crippen molar-refractivity contribution in [2.24, 2.45) is 5.73 Å². The summed E-state index contributed by atoms with van der Waals surface area (Å²) >= 11 is 0. The highest BCUT2D eigenvalue weighted by Gasteiger charge is 2.23. The van der Waals surface area contributed by atoms with Crippen molar-refractivity contribution in [3.8, 4) is 0 Å². The molecule has 2 unspecified atom stereocenters. The molecule has 0 bridgehead atoms. The van der Waals surface area contributed by atoms with E-state index in [0.717, 1.165) is 10.8 Å². The third-order valence-electron chi connectivity index (χ3n) is 3.17. The molecule has 0 heterocycles. The average Bonchev–Trinajstić information content (AvgIpc) is 2.35. The Balaban J connectivity index is 2.59. The van der Waals surface area contributed by atoms with Gasteiger partial charge in [-0.05, 0) is 28.5 Å². The van der Waals surface area contributed by atoms with Gasteiger partial charge in [-0.1, -0.05) is 31.2 Å². The topological polar surface area (TPSA) is 63.3 Å². The maximum Gasteiger partial charge on any atom is 0.321 e. The minimum absolute atomic E-state index is 0.381. The summed E-state index contributed by atoms with van der Waals surface area (Å²) in [7, 11) is 0. The molecule has 3 nitrogen and oxygen atoms in total. The van der Waals surface area contributed by atoms with Gasteiger partial charge in [-0.2, -0.15) is 0 Å². The van der Waals surface area contributed by atoms with Crippen molar-refractivity contribution in [2.75, 3.05) is 0 Å². The van der Waals surface area contributed by atoms with Gasteiger partial charge in [0, 0.05) is 5.92 Å². The molecule has 0 spiro atoms. The first kappa shape index (κ1) is 12.5. The van der Waals surface area contributed by atoms with Crippen LogP contribution in [0.2, 0.25) is 0 Å². The van der Waals surface area contributed by atoms with Crippen LogP contribution in [0.25, 0.3) is 10.8 Å². The van der Waals surface area contributed by atoms with E-state index < -0.39 is 17.9 Å². The Morgan fingerprint density at radius 3 is 2.67 bits per heavy atom. The minimum Gasteiger partial charge on any atom is -0.480 e. The molecule has 2 atom stereocenters. The molecular weight excluding hydrogens is 233 g/mol. The van der Waals surface area contributed by atoms with Gasteiger partial charge in [0.2, 0.25) is 0 Å². The van der Waals surface area contributed by atoms with Crippen LogP contribution in [0.3, 0.4) is 0 Å². The number of rotatable bonds is 3. The molecule has 2 rings (SSSR count). The van der Waals surface area contributed by atoms with Crippen molar-refractivity contribution in [1.82, 2.24) is 0 Å². The molecule has 0 aromatic heterocycles. The highest BCUT2D eigenvalue weighted by Crippen LogP contribution is 2.28. The lowest BCUT2D eigenvalue weighted by atomic mass is 9.89. The molecule has 0 saturated carbocycles. The quantitative estimate of drug-likeness (QED) is 0.875. The van der Waals surface area contributed by atoms with E-state index in [2.05, 4.69) is 0 Å². The molecule has 0 fully saturated rings. The lowest BCUT2D eigenvalue weighted by Crippen LogP contribution is -2.35. The summed E-state index contributed by atoms with van der Waals surface area (Å²) in [5.41, 5.74) is 6.24. The van der Waals surface area contributed by atoms with E-state index in [1.54, 1.807) is 13.0 Å². The van der Waals surface area contributed by atoms with E-state index in [0.29, 0.717) is 5.56 Å². The third-order valence-corrected chi connectivity index (χ3v) is 3.17. The van der Waals surface area contributed by atoms with E-state index in [9.17, 15) is 9.18 Å². The normalized spacial score (nSPS) is 14.4. The molecule has 0 aliphatic heterocycles. The van der Waals surface area contributed by atoms with Crippen molar-refractivity contribution in [2.45, 2.75) is 18.9 Å². The zero-order chi connectivity index (χ0) is 13.3. The first-order valence-corrected chi connectivity index (χ1v) is 5.67. The molecule has 18 heavy (non-hydrogen) atoms. The Morgan fingerprint density at radius 1 is 1.33 bits per heavy atom. The van der Waals surface area contributed by atoms with Gasteiger partial charge >= 0.3 is 5.97 Å². The predicted molar refractivity (Wildman–Crippen MR) is 67.9 cm³/mol. The summed E-state index contributed by atoms with van der Waals surface area (Å²) < 4.78 is 13.5. The fourth-order valence-electron chi connectivity index (χ4n) is 2.09. The van der Waals surface area contributed by atoms with Gasteiger partial charge in [0.25, 0.3) is 0 Å². The van der Waals surface area contributed by atoms with Gasteiger partial charge in [0.15, 0.2) is 0 Å². The Morgan fingerprint density at radius 2 is 2.00 bits per heavy atom. The van der Waals surface area contributed by atoms with Gasteiger partial charge < -0.3 is 10.8 Å². The molecule has 2 aromatic rings. The molecule has 0 saturated heterocycles. The van der Waals surface area contributed by atoms with Crippen LogP contribution in [-0.4, -0.2) is 17.1 Å². The Hall–Kier alpha value is -1.94. The number of halogens is 1. The summed E-state index contributed by atoms with van der Waals surface area (Å²) in [6.45, 7) is 1.69. The van der Waals surface area contributed by atoms with Gasteiger partial charge in [-0.3, -0.25) is 4.79 Å². The Labute approximate surface area is 104 Å². The molecule has 2 aromatic carbocycles. The van der Waals surface area contributed by atoms with E-state index in [1.165, 1.54) is 12.1 Å². The van der Waals surface area contributed by atoms with Crippen LogP contribution < -0.4 is 5.73 Å². The molecule has 94 valence electrons. The smallest absolute Gasteiger partial charge is 0.321 e. The molecule has 3 N–H and O–H groups in total. The first-order chi connectivity index (χ1) is 8.50. The van der Waals surface area contributed by atoms with Crippen molar-refractivity contribution >= 4 is 16.7 Å². The monoisotopic (exact) mass is 247 g/mol. The van der Waals surface area contributed by atoms with Crippen LogP contribution in [-0.2, 0) is 4.79 Å². The van der Waals surface area contributed by atoms with Crippen molar-refractivity contribution < 1.29 is 14.3 Å². The van der Waals surface area contributed by atoms with Gasteiger partial charge in [-0.25, -0.2) is 4.39 Å². The summed E-state index contributed by atoms with van der Waals surface area (Å²) in [6.07, 6.45) is 0. The van der Waals surface area contributed by atoms with Crippen LogP contribution in [0.1, 0.15) is 18.4 Å². The number of aliphatic carboxylic acids is 1. The first-order valence-electron chi connectivity index (χ1n) is 5.67. The molecule has 0 radical (unpaired) electrons. The molecule has 4 heteroatoms. The van der Waals surface area contributed by atoms with E-state index in [-0.39, 0.29) is 5.82 Å². The second kappa shape index (κ2) is 4.74. The number of fused-ring (bicyclic) bond motifs is 1. The number of nitrogens with two attached hydrogens (primary N) is 1. The summed E-state index contributed by atoms with van der Waals surface area (Å²) in [6, 6.07) is 9.02. The Bertz CT molecular complexity index is 597. The van der Waals surface area contributed by atoms with Crippen molar-refractivity contribution in [3.05, 3.63) is 47.8 Å². The lowest BCUT2D eigenvalue weighted by molar-refractivity contribution is -0.138. The number of hydrogen-bond donors (Lipinski definition) is 2. The maximum atomic E-state index is 13.5. The van der Waals surface area contributed by atoms with Gasteiger partial charge in [-0.15, -0.1) is 0 Å². The predicted octanol–water partition coefficient (Wildman–Crippen LogP) is 2.49. The number of carboxylic acid groups (broad SMARTS) is 1. The van der Waals surface area contributed by atoms with Crippen LogP contribution >= 0.6 is 0 Å². The van der Waals surface area contributed by atoms with Crippen LogP contribution in [0.15, 0.2) is 36.4 Å². The lowest BCUT2D eigenvalue weighted by Gasteiger charge is -2.18. The van der Waals surface area contributed by atoms with Crippen LogP contribution in [0.5, 0.6) is 0 Å². The van der Waals surface area contributed by atoms with Gasteiger partial charge in [0.1, 0.15) is 11.9 Å². The van der Waals surface area contributed by atoms with Crippen molar-refractivity contribution in [3.63, 3.8) is 0 Å². The van der Waals surface area contributed by atoms with E-state index in [1.807, 2.05) is 18.2 Å². The van der Waals surface area contributed by atoms with Crippen LogP contribution in [0, 0.1) is 5.82 Å². The summed E-state index contributed by atoms with van der Waals surface area (Å²) in [4.78, 5) is 10.9. The molecule has 0 aliphatic rings.